The van der Waals surface area contributed by atoms with E-state index in [1.54, 1.807) is 0 Å². The second kappa shape index (κ2) is 19.5. The van der Waals surface area contributed by atoms with Gasteiger partial charge in [0.2, 0.25) is 0 Å². The average molecular weight is 617 g/mol. The van der Waals surface area contributed by atoms with E-state index in [9.17, 15) is 4.79 Å². The van der Waals surface area contributed by atoms with E-state index >= 15 is 0 Å². The van der Waals surface area contributed by atoms with Gasteiger partial charge in [-0.2, -0.15) is 0 Å². The molecule has 1 rings (SSSR count). The van der Waals surface area contributed by atoms with Crippen LogP contribution in [-0.4, -0.2) is 21.1 Å². The van der Waals surface area contributed by atoms with Crippen LogP contribution in [0.1, 0.15) is 128 Å². The summed E-state index contributed by atoms with van der Waals surface area (Å²) < 4.78 is 5.57. The molecule has 1 aliphatic rings. The van der Waals surface area contributed by atoms with Gasteiger partial charge in [0.1, 0.15) is 8.43 Å². The zero-order chi connectivity index (χ0) is 21.9. The molecule has 0 amide bonds. The zero-order valence-corrected chi connectivity index (χ0v) is 23.8. The number of aldehydes is 1. The second-order valence-corrected chi connectivity index (χ2v) is 16.1. The van der Waals surface area contributed by atoms with Gasteiger partial charge in [-0.3, -0.25) is 0 Å². The fraction of sp³-hybridized carbons (Fsp3) is 0.960. The Balaban J connectivity index is 1.73. The van der Waals surface area contributed by atoms with Crippen LogP contribution < -0.4 is 0 Å². The molecule has 1 unspecified atom stereocenters. The molecule has 0 N–H and O–H groups in total. The molecule has 0 aliphatic heterocycles. The third kappa shape index (κ3) is 16.7. The largest absolute Gasteiger partial charge is 0.378 e. The van der Waals surface area contributed by atoms with E-state index in [0.29, 0.717) is 6.10 Å². The molecule has 0 aromatic carbocycles. The summed E-state index contributed by atoms with van der Waals surface area (Å²) in [5, 5.41) is 0. The van der Waals surface area contributed by atoms with Gasteiger partial charge >= 0.3 is 0 Å². The first-order valence-electron chi connectivity index (χ1n) is 12.7. The molecule has 5 heteroatoms. The number of carbonyl (C=O) groups is 1. The van der Waals surface area contributed by atoms with Gasteiger partial charge in [0, 0.05) is 12.5 Å². The van der Waals surface area contributed by atoms with Crippen LogP contribution in [0.3, 0.4) is 0 Å². The molecule has 0 spiro atoms. The molecule has 0 saturated heterocycles. The van der Waals surface area contributed by atoms with Crippen LogP contribution in [0.5, 0.6) is 0 Å². The molecule has 178 valence electrons. The number of hydrogen-bond donors (Lipinski definition) is 0. The first-order chi connectivity index (χ1) is 14.5. The highest BCUT2D eigenvalue weighted by atomic mass is 80.0. The number of rotatable bonds is 19. The maximum absolute atomic E-state index is 11.1. The lowest BCUT2D eigenvalue weighted by atomic mass is 9.98. The predicted molar refractivity (Wildman–Crippen MR) is 141 cm³/mol. The monoisotopic (exact) mass is 614 g/mol. The summed E-state index contributed by atoms with van der Waals surface area (Å²) in [6, 6.07) is 0. The van der Waals surface area contributed by atoms with Crippen LogP contribution >= 0.6 is 47.8 Å². The molecule has 2 nitrogen and oxygen atoms in total. The van der Waals surface area contributed by atoms with E-state index in [0.717, 1.165) is 25.7 Å². The van der Waals surface area contributed by atoms with E-state index in [-0.39, 0.29) is 5.92 Å². The second-order valence-electron chi connectivity index (χ2n) is 9.15. The minimum atomic E-state index is -0.433. The third-order valence-electron chi connectivity index (χ3n) is 6.40. The van der Waals surface area contributed by atoms with Gasteiger partial charge < -0.3 is 9.53 Å². The smallest absolute Gasteiger partial charge is 0.144 e. The fourth-order valence-electron chi connectivity index (χ4n) is 4.38. The van der Waals surface area contributed by atoms with Crippen molar-refractivity contribution in [2.45, 2.75) is 137 Å². The average Bonchev–Trinajstić information content (AvgIpc) is 2.72. The van der Waals surface area contributed by atoms with Crippen molar-refractivity contribution in [1.29, 1.82) is 0 Å². The molecule has 0 radical (unpaired) electrons. The summed E-state index contributed by atoms with van der Waals surface area (Å²) in [6.07, 6.45) is 28.1. The Morgan fingerprint density at radius 3 is 1.57 bits per heavy atom. The molecular weight excluding hydrogens is 572 g/mol. The van der Waals surface area contributed by atoms with Gasteiger partial charge in [0.15, 0.2) is 0 Å². The molecule has 1 fully saturated rings. The van der Waals surface area contributed by atoms with Gasteiger partial charge in [0.25, 0.3) is 0 Å². The molecule has 0 aromatic rings. The normalized spacial score (nSPS) is 16.6. The van der Waals surface area contributed by atoms with Crippen molar-refractivity contribution in [3.05, 3.63) is 0 Å². The number of hydrogen-bond acceptors (Lipinski definition) is 2. The predicted octanol–water partition coefficient (Wildman–Crippen LogP) is 9.84. The van der Waals surface area contributed by atoms with Crippen LogP contribution in [0.2, 0.25) is 0 Å². The van der Waals surface area contributed by atoms with Crippen molar-refractivity contribution in [1.82, 2.24) is 0 Å². The molecule has 1 aliphatic carbocycles. The Kier molecular flexibility index (Phi) is 18.9. The van der Waals surface area contributed by atoms with Crippen LogP contribution in [0.4, 0.5) is 0 Å². The number of alkyl halides is 3. The standard InChI is InChI=1S/C25H45Br3O2/c26-25(27,28)23(22-29)18-14-11-9-7-5-3-1-2-4-6-8-10-12-17-21-30-24-19-15-13-16-20-24/h22-24H,1-21H2. The molecule has 0 aromatic heterocycles. The fourth-order valence-corrected chi connectivity index (χ4v) is 5.39. The Morgan fingerprint density at radius 2 is 1.13 bits per heavy atom. The summed E-state index contributed by atoms with van der Waals surface area (Å²) in [6.45, 7) is 0.993. The minimum absolute atomic E-state index is 0.0209. The molecule has 1 saturated carbocycles. The summed E-state index contributed by atoms with van der Waals surface area (Å²) in [4.78, 5) is 11.1. The number of halogens is 3. The van der Waals surface area contributed by atoms with Crippen molar-refractivity contribution < 1.29 is 9.53 Å². The lowest BCUT2D eigenvalue weighted by molar-refractivity contribution is -0.110. The van der Waals surface area contributed by atoms with Gasteiger partial charge in [-0.15, -0.1) is 0 Å². The van der Waals surface area contributed by atoms with Crippen molar-refractivity contribution in [3.63, 3.8) is 0 Å². The lowest BCUT2D eigenvalue weighted by Crippen LogP contribution is -2.18. The maximum Gasteiger partial charge on any atom is 0.144 e. The highest BCUT2D eigenvalue weighted by Crippen LogP contribution is 2.42. The van der Waals surface area contributed by atoms with E-state index in [1.807, 2.05) is 0 Å². The molecule has 30 heavy (non-hydrogen) atoms. The Morgan fingerprint density at radius 1 is 0.700 bits per heavy atom. The van der Waals surface area contributed by atoms with Crippen molar-refractivity contribution in [2.24, 2.45) is 5.92 Å². The first-order valence-corrected chi connectivity index (χ1v) is 15.1. The molecule has 0 heterocycles. The first kappa shape index (κ1) is 29.1. The summed E-state index contributed by atoms with van der Waals surface area (Å²) in [5.74, 6) is -0.0209. The van der Waals surface area contributed by atoms with Gasteiger partial charge in [-0.25, -0.2) is 0 Å². The van der Waals surface area contributed by atoms with Crippen LogP contribution in [0, 0.1) is 5.92 Å². The molecule has 1 atom stereocenters. The number of ether oxygens (including phenoxy) is 1. The Labute approximate surface area is 211 Å². The van der Waals surface area contributed by atoms with Crippen molar-refractivity contribution >= 4 is 54.1 Å². The van der Waals surface area contributed by atoms with E-state index in [2.05, 4.69) is 47.8 Å². The van der Waals surface area contributed by atoms with E-state index in [4.69, 9.17) is 4.74 Å². The van der Waals surface area contributed by atoms with Crippen LogP contribution in [0.25, 0.3) is 0 Å². The van der Waals surface area contributed by atoms with E-state index < -0.39 is 2.14 Å². The highest BCUT2D eigenvalue weighted by molar-refractivity contribution is 9.39. The molecule has 0 bridgehead atoms. The van der Waals surface area contributed by atoms with Gasteiger partial charge in [-0.1, -0.05) is 151 Å². The molecular formula is C25H45Br3O2. The topological polar surface area (TPSA) is 26.3 Å². The summed E-state index contributed by atoms with van der Waals surface area (Å²) in [7, 11) is 0. The van der Waals surface area contributed by atoms with Crippen molar-refractivity contribution in [2.75, 3.05) is 6.61 Å². The SMILES string of the molecule is O=CC(CCCCCCCCCCCCCCCCOC1CCCCC1)C(Br)(Br)Br. The highest BCUT2D eigenvalue weighted by Gasteiger charge is 2.29. The van der Waals surface area contributed by atoms with Gasteiger partial charge in [0.05, 0.1) is 6.10 Å². The third-order valence-corrected chi connectivity index (χ3v) is 8.16. The Hall–Kier alpha value is 1.07. The van der Waals surface area contributed by atoms with Gasteiger partial charge in [-0.05, 0) is 25.7 Å². The minimum Gasteiger partial charge on any atom is -0.378 e. The lowest BCUT2D eigenvalue weighted by Gasteiger charge is -2.21. The quantitative estimate of drug-likeness (QED) is 0.0820. The Bertz CT molecular complexity index is 392. The number of carbonyl (C=O) groups excluding carboxylic acids is 1. The van der Waals surface area contributed by atoms with E-state index in [1.165, 1.54) is 116 Å². The maximum atomic E-state index is 11.1. The van der Waals surface area contributed by atoms with Crippen molar-refractivity contribution in [3.8, 4) is 0 Å². The van der Waals surface area contributed by atoms with Crippen LogP contribution in [-0.2, 0) is 9.53 Å². The number of unbranched alkanes of at least 4 members (excludes halogenated alkanes) is 13. The summed E-state index contributed by atoms with van der Waals surface area (Å²) in [5.41, 5.74) is 0. The summed E-state index contributed by atoms with van der Waals surface area (Å²) >= 11 is 10.4. The van der Waals surface area contributed by atoms with Crippen LogP contribution in [0.15, 0.2) is 0 Å². The zero-order valence-electron chi connectivity index (χ0n) is 19.0.